The lowest BCUT2D eigenvalue weighted by Crippen LogP contribution is -2.29. The van der Waals surface area contributed by atoms with Crippen LogP contribution in [0.3, 0.4) is 0 Å². The molecule has 162 valence electrons. The molecular formula is C25H22N2O4S. The van der Waals surface area contributed by atoms with Crippen LogP contribution in [0.15, 0.2) is 95.3 Å². The van der Waals surface area contributed by atoms with Crippen LogP contribution in [-0.2, 0) is 21.3 Å². The summed E-state index contributed by atoms with van der Waals surface area (Å²) in [6.45, 7) is 1.87. The molecule has 3 aromatic carbocycles. The van der Waals surface area contributed by atoms with Crippen LogP contribution in [0.4, 0.5) is 0 Å². The Kier molecular flexibility index (Phi) is 5.99. The molecule has 7 heteroatoms. The molecule has 1 N–H and O–H groups in total. The van der Waals surface area contributed by atoms with E-state index in [1.165, 1.54) is 10.4 Å². The Bertz CT molecular complexity index is 1290. The zero-order valence-corrected chi connectivity index (χ0v) is 18.3. The van der Waals surface area contributed by atoms with Crippen molar-refractivity contribution in [1.29, 1.82) is 5.26 Å². The molecule has 0 saturated carbocycles. The molecule has 0 aliphatic carbocycles. The maximum Gasteiger partial charge on any atom is 0.293 e. The van der Waals surface area contributed by atoms with Crippen molar-refractivity contribution in [3.8, 4) is 17.2 Å². The van der Waals surface area contributed by atoms with E-state index in [0.29, 0.717) is 5.56 Å². The van der Waals surface area contributed by atoms with Crippen molar-refractivity contribution in [3.05, 3.63) is 102 Å². The van der Waals surface area contributed by atoms with Crippen molar-refractivity contribution in [1.82, 2.24) is 4.31 Å². The van der Waals surface area contributed by atoms with E-state index in [9.17, 15) is 18.8 Å². The predicted molar refractivity (Wildman–Crippen MR) is 121 cm³/mol. The first-order chi connectivity index (χ1) is 15.5. The van der Waals surface area contributed by atoms with E-state index in [2.05, 4.69) is 0 Å². The molecule has 0 radical (unpaired) electrons. The zero-order valence-electron chi connectivity index (χ0n) is 17.5. The van der Waals surface area contributed by atoms with Gasteiger partial charge in [-0.05, 0) is 35.2 Å². The second-order valence-electron chi connectivity index (χ2n) is 7.32. The molecular weight excluding hydrogens is 424 g/mol. The largest absolute Gasteiger partial charge is 0.480 e. The standard InChI is InChI=1S/C25H22N2O4S/c1-2-31-25(28)22(16-26)24-21-10-6-7-11-23(21)32(29,30)27(24)17-18-12-14-20(15-13-18)19-8-4-3-5-9-19/h3-15,24,28H,2,17H2,1H3/b25-22-. The average Bonchev–Trinajstić information content (AvgIpc) is 3.03. The SMILES string of the molecule is CCO/C(O)=C(/C#N)C1c2ccccc2S(=O)(=O)N1Cc1ccc(-c2ccccc2)cc1. The Morgan fingerprint density at radius 2 is 1.62 bits per heavy atom. The van der Waals surface area contributed by atoms with E-state index in [0.717, 1.165) is 16.7 Å². The summed E-state index contributed by atoms with van der Waals surface area (Å²) in [6.07, 6.45) is 0. The Hall–Kier alpha value is -3.60. The van der Waals surface area contributed by atoms with Gasteiger partial charge >= 0.3 is 0 Å². The topological polar surface area (TPSA) is 90.6 Å². The predicted octanol–water partition coefficient (Wildman–Crippen LogP) is 4.93. The van der Waals surface area contributed by atoms with Gasteiger partial charge in [-0.25, -0.2) is 8.42 Å². The number of hydrogen-bond donors (Lipinski definition) is 1. The number of rotatable bonds is 6. The molecule has 1 atom stereocenters. The van der Waals surface area contributed by atoms with Crippen LogP contribution in [-0.4, -0.2) is 24.4 Å². The van der Waals surface area contributed by atoms with E-state index < -0.39 is 22.0 Å². The van der Waals surface area contributed by atoms with E-state index in [1.807, 2.05) is 60.7 Å². The zero-order chi connectivity index (χ0) is 22.7. The van der Waals surface area contributed by atoms with Crippen molar-refractivity contribution < 1.29 is 18.3 Å². The summed E-state index contributed by atoms with van der Waals surface area (Å²) in [5, 5.41) is 20.1. The fourth-order valence-corrected chi connectivity index (χ4v) is 5.69. The van der Waals surface area contributed by atoms with Gasteiger partial charge in [-0.15, -0.1) is 0 Å². The number of aliphatic hydroxyl groups is 1. The molecule has 1 aliphatic rings. The number of benzene rings is 3. The second kappa shape index (κ2) is 8.87. The summed E-state index contributed by atoms with van der Waals surface area (Å²) in [5.74, 6) is -0.559. The highest BCUT2D eigenvalue weighted by Gasteiger charge is 2.45. The van der Waals surface area contributed by atoms with Gasteiger partial charge in [0.25, 0.3) is 5.95 Å². The lowest BCUT2D eigenvalue weighted by Gasteiger charge is -2.23. The second-order valence-corrected chi connectivity index (χ2v) is 9.18. The third kappa shape index (κ3) is 3.86. The molecule has 4 rings (SSSR count). The maximum absolute atomic E-state index is 13.4. The Labute approximate surface area is 187 Å². The molecule has 0 spiro atoms. The Morgan fingerprint density at radius 3 is 2.28 bits per heavy atom. The normalized spacial score (nSPS) is 17.8. The fraction of sp³-hybridized carbons (Fsp3) is 0.160. The summed E-state index contributed by atoms with van der Waals surface area (Å²) >= 11 is 0. The van der Waals surface area contributed by atoms with E-state index >= 15 is 0 Å². The number of nitriles is 1. The number of ether oxygens (including phenoxy) is 1. The molecule has 0 saturated heterocycles. The summed E-state index contributed by atoms with van der Waals surface area (Å²) in [4.78, 5) is 0.128. The molecule has 0 fully saturated rings. The molecule has 6 nitrogen and oxygen atoms in total. The van der Waals surface area contributed by atoms with Crippen LogP contribution in [0.5, 0.6) is 0 Å². The third-order valence-corrected chi connectivity index (χ3v) is 7.28. The quantitative estimate of drug-likeness (QED) is 0.428. The van der Waals surface area contributed by atoms with Crippen LogP contribution in [0, 0.1) is 11.3 Å². The first kappa shape index (κ1) is 21.6. The van der Waals surface area contributed by atoms with Crippen molar-refractivity contribution in [2.75, 3.05) is 6.61 Å². The molecule has 1 heterocycles. The highest BCUT2D eigenvalue weighted by molar-refractivity contribution is 7.89. The van der Waals surface area contributed by atoms with Crippen molar-refractivity contribution in [2.24, 2.45) is 0 Å². The molecule has 32 heavy (non-hydrogen) atoms. The van der Waals surface area contributed by atoms with Crippen LogP contribution < -0.4 is 0 Å². The summed E-state index contributed by atoms with van der Waals surface area (Å²) in [5.41, 5.74) is 3.15. The average molecular weight is 447 g/mol. The van der Waals surface area contributed by atoms with Gasteiger partial charge in [0.05, 0.1) is 17.5 Å². The van der Waals surface area contributed by atoms with Gasteiger partial charge in [-0.1, -0.05) is 72.8 Å². The maximum atomic E-state index is 13.4. The minimum absolute atomic E-state index is 0.0430. The molecule has 3 aromatic rings. The number of fused-ring (bicyclic) bond motifs is 1. The summed E-state index contributed by atoms with van der Waals surface area (Å²) < 4.78 is 33.1. The van der Waals surface area contributed by atoms with Crippen LogP contribution in [0.1, 0.15) is 24.1 Å². The summed E-state index contributed by atoms with van der Waals surface area (Å²) in [7, 11) is -3.88. The summed E-state index contributed by atoms with van der Waals surface area (Å²) in [6, 6.07) is 25.0. The number of hydrogen-bond acceptors (Lipinski definition) is 5. The van der Waals surface area contributed by atoms with E-state index in [-0.39, 0.29) is 23.6 Å². The first-order valence-corrected chi connectivity index (χ1v) is 11.6. The lowest BCUT2D eigenvalue weighted by atomic mass is 9.99. The van der Waals surface area contributed by atoms with Crippen LogP contribution in [0.2, 0.25) is 0 Å². The Balaban J connectivity index is 1.74. The molecule has 0 amide bonds. The number of sulfonamides is 1. The van der Waals surface area contributed by atoms with Crippen LogP contribution >= 0.6 is 0 Å². The molecule has 0 bridgehead atoms. The highest BCUT2D eigenvalue weighted by Crippen LogP contribution is 2.44. The van der Waals surface area contributed by atoms with E-state index in [4.69, 9.17) is 4.74 Å². The number of nitrogens with zero attached hydrogens (tertiary/aromatic N) is 2. The van der Waals surface area contributed by atoms with Gasteiger partial charge in [-0.2, -0.15) is 9.57 Å². The molecule has 0 aromatic heterocycles. The Morgan fingerprint density at radius 1 is 1.00 bits per heavy atom. The van der Waals surface area contributed by atoms with E-state index in [1.54, 1.807) is 25.1 Å². The van der Waals surface area contributed by atoms with Crippen molar-refractivity contribution in [3.63, 3.8) is 0 Å². The van der Waals surface area contributed by atoms with Gasteiger partial charge in [0.1, 0.15) is 11.6 Å². The van der Waals surface area contributed by atoms with Gasteiger partial charge < -0.3 is 9.84 Å². The minimum atomic E-state index is -3.88. The van der Waals surface area contributed by atoms with Crippen molar-refractivity contribution in [2.45, 2.75) is 24.4 Å². The van der Waals surface area contributed by atoms with Gasteiger partial charge in [-0.3, -0.25) is 0 Å². The number of aliphatic hydroxyl groups excluding tert-OH is 1. The minimum Gasteiger partial charge on any atom is -0.480 e. The van der Waals surface area contributed by atoms with Gasteiger partial charge in [0.2, 0.25) is 10.0 Å². The van der Waals surface area contributed by atoms with Gasteiger partial charge in [0, 0.05) is 6.54 Å². The molecule has 1 unspecified atom stereocenters. The van der Waals surface area contributed by atoms with Crippen LogP contribution in [0.25, 0.3) is 11.1 Å². The fourth-order valence-electron chi connectivity index (χ4n) is 3.89. The third-order valence-electron chi connectivity index (χ3n) is 5.39. The van der Waals surface area contributed by atoms with Crippen molar-refractivity contribution >= 4 is 10.0 Å². The van der Waals surface area contributed by atoms with Gasteiger partial charge in [0.15, 0.2) is 0 Å². The monoisotopic (exact) mass is 446 g/mol. The lowest BCUT2D eigenvalue weighted by molar-refractivity contribution is 0.0952. The molecule has 1 aliphatic heterocycles. The highest BCUT2D eigenvalue weighted by atomic mass is 32.2. The first-order valence-electron chi connectivity index (χ1n) is 10.2. The smallest absolute Gasteiger partial charge is 0.293 e.